The average Bonchev–Trinajstić information content (AvgIpc) is 3.03. The molecule has 0 aliphatic rings. The van der Waals surface area contributed by atoms with Gasteiger partial charge < -0.3 is 10.2 Å². The highest BCUT2D eigenvalue weighted by Gasteiger charge is 2.26. The minimum atomic E-state index is -0.289. The predicted molar refractivity (Wildman–Crippen MR) is 120 cm³/mol. The van der Waals surface area contributed by atoms with Crippen molar-refractivity contribution in [2.45, 2.75) is 59.4 Å². The first-order valence-electron chi connectivity index (χ1n) is 9.78. The van der Waals surface area contributed by atoms with E-state index in [1.165, 1.54) is 4.90 Å². The summed E-state index contributed by atoms with van der Waals surface area (Å²) >= 11 is 3.38. The SMILES string of the molecule is CCN(CC(=O)Nc1cc(C(C)(C)C)nn1C(C)(C)C)C(=O)c1cccc(Br)c1. The summed E-state index contributed by atoms with van der Waals surface area (Å²) in [5, 5.41) is 7.66. The Balaban J connectivity index is 2.21. The maximum absolute atomic E-state index is 12.8. The quantitative estimate of drug-likeness (QED) is 0.693. The Bertz CT molecular complexity index is 891. The van der Waals surface area contributed by atoms with Crippen molar-refractivity contribution in [2.24, 2.45) is 0 Å². The molecule has 0 spiro atoms. The molecule has 0 saturated carbocycles. The Morgan fingerprint density at radius 2 is 1.79 bits per heavy atom. The molecular formula is C22H31BrN4O2. The third kappa shape index (κ3) is 5.92. The van der Waals surface area contributed by atoms with Crippen molar-refractivity contribution in [3.63, 3.8) is 0 Å². The van der Waals surface area contributed by atoms with Crippen molar-refractivity contribution in [2.75, 3.05) is 18.4 Å². The Morgan fingerprint density at radius 1 is 1.14 bits per heavy atom. The number of hydrogen-bond acceptors (Lipinski definition) is 3. The van der Waals surface area contributed by atoms with Gasteiger partial charge in [0.1, 0.15) is 12.4 Å². The molecule has 0 radical (unpaired) electrons. The van der Waals surface area contributed by atoms with Gasteiger partial charge in [0.25, 0.3) is 5.91 Å². The van der Waals surface area contributed by atoms with Crippen LogP contribution in [0.1, 0.15) is 64.5 Å². The highest BCUT2D eigenvalue weighted by molar-refractivity contribution is 9.10. The molecular weight excluding hydrogens is 432 g/mol. The van der Waals surface area contributed by atoms with E-state index in [4.69, 9.17) is 5.10 Å². The lowest BCUT2D eigenvalue weighted by Crippen LogP contribution is -2.38. The van der Waals surface area contributed by atoms with Crippen LogP contribution in [0.3, 0.4) is 0 Å². The normalized spacial score (nSPS) is 12.0. The molecule has 29 heavy (non-hydrogen) atoms. The van der Waals surface area contributed by atoms with Gasteiger partial charge in [0.15, 0.2) is 0 Å². The van der Waals surface area contributed by atoms with E-state index in [0.717, 1.165) is 10.2 Å². The first kappa shape index (κ1) is 23.1. The van der Waals surface area contributed by atoms with Crippen molar-refractivity contribution in [3.8, 4) is 0 Å². The molecule has 0 fully saturated rings. The fraction of sp³-hybridized carbons (Fsp3) is 0.500. The number of amides is 2. The third-order valence-corrected chi connectivity index (χ3v) is 4.95. The zero-order valence-corrected chi connectivity index (χ0v) is 19.9. The van der Waals surface area contributed by atoms with E-state index in [9.17, 15) is 9.59 Å². The van der Waals surface area contributed by atoms with Gasteiger partial charge in [0.2, 0.25) is 5.91 Å². The number of hydrogen-bond donors (Lipinski definition) is 1. The second-order valence-electron chi connectivity index (χ2n) is 9.13. The van der Waals surface area contributed by atoms with Gasteiger partial charge in [-0.25, -0.2) is 4.68 Å². The lowest BCUT2D eigenvalue weighted by atomic mass is 9.92. The number of anilines is 1. The van der Waals surface area contributed by atoms with Gasteiger partial charge in [0, 0.05) is 28.1 Å². The molecule has 6 nitrogen and oxygen atoms in total. The first-order chi connectivity index (χ1) is 13.3. The van der Waals surface area contributed by atoms with Gasteiger partial charge in [-0.1, -0.05) is 42.8 Å². The van der Waals surface area contributed by atoms with Gasteiger partial charge in [-0.3, -0.25) is 9.59 Å². The number of aromatic nitrogens is 2. The van der Waals surface area contributed by atoms with Crippen molar-refractivity contribution >= 4 is 33.6 Å². The molecule has 158 valence electrons. The number of carbonyl (C=O) groups excluding carboxylic acids is 2. The van der Waals surface area contributed by atoms with E-state index in [0.29, 0.717) is 17.9 Å². The number of likely N-dealkylation sites (N-methyl/N-ethyl adjacent to an activating group) is 1. The molecule has 1 aromatic carbocycles. The molecule has 1 heterocycles. The van der Waals surface area contributed by atoms with Crippen LogP contribution in [0, 0.1) is 0 Å². The zero-order chi connectivity index (χ0) is 22.0. The topological polar surface area (TPSA) is 67.2 Å². The number of nitrogens with zero attached hydrogens (tertiary/aromatic N) is 3. The monoisotopic (exact) mass is 462 g/mol. The van der Waals surface area contributed by atoms with Crippen molar-refractivity contribution in [1.82, 2.24) is 14.7 Å². The van der Waals surface area contributed by atoms with Gasteiger partial charge in [-0.05, 0) is 45.9 Å². The molecule has 2 aromatic rings. The lowest BCUT2D eigenvalue weighted by Gasteiger charge is -2.24. The Hall–Kier alpha value is -2.15. The van der Waals surface area contributed by atoms with Crippen LogP contribution in [0.25, 0.3) is 0 Å². The zero-order valence-electron chi connectivity index (χ0n) is 18.3. The molecule has 1 aromatic heterocycles. The smallest absolute Gasteiger partial charge is 0.254 e. The summed E-state index contributed by atoms with van der Waals surface area (Å²) in [4.78, 5) is 27.1. The van der Waals surface area contributed by atoms with Crippen LogP contribution in [0.5, 0.6) is 0 Å². The first-order valence-corrected chi connectivity index (χ1v) is 10.6. The van der Waals surface area contributed by atoms with E-state index in [2.05, 4.69) is 42.0 Å². The summed E-state index contributed by atoms with van der Waals surface area (Å²) in [5.41, 5.74) is 1.02. The van der Waals surface area contributed by atoms with E-state index < -0.39 is 0 Å². The van der Waals surface area contributed by atoms with Crippen LogP contribution < -0.4 is 5.32 Å². The fourth-order valence-electron chi connectivity index (χ4n) is 2.84. The van der Waals surface area contributed by atoms with Crippen LogP contribution in [0.4, 0.5) is 5.82 Å². The lowest BCUT2D eigenvalue weighted by molar-refractivity contribution is -0.116. The van der Waals surface area contributed by atoms with Gasteiger partial charge in [-0.15, -0.1) is 0 Å². The highest BCUT2D eigenvalue weighted by Crippen LogP contribution is 2.28. The summed E-state index contributed by atoms with van der Waals surface area (Å²) in [7, 11) is 0. The molecule has 0 unspecified atom stereocenters. The summed E-state index contributed by atoms with van der Waals surface area (Å²) in [6.45, 7) is 14.6. The van der Waals surface area contributed by atoms with Crippen LogP contribution in [0.15, 0.2) is 34.8 Å². The summed E-state index contributed by atoms with van der Waals surface area (Å²) in [6, 6.07) is 9.09. The maximum atomic E-state index is 12.8. The molecule has 0 saturated heterocycles. The molecule has 0 atom stereocenters. The number of benzene rings is 1. The van der Waals surface area contributed by atoms with E-state index in [1.807, 2.05) is 44.5 Å². The minimum absolute atomic E-state index is 0.0258. The summed E-state index contributed by atoms with van der Waals surface area (Å²) in [5.74, 6) is 0.211. The number of nitrogens with one attached hydrogen (secondary N) is 1. The molecule has 0 aliphatic heterocycles. The van der Waals surface area contributed by atoms with E-state index in [1.54, 1.807) is 18.2 Å². The van der Waals surface area contributed by atoms with Crippen LogP contribution in [-0.2, 0) is 15.7 Å². The standard InChI is InChI=1S/C22H31BrN4O2/c1-8-26(20(29)15-10-9-11-16(23)12-15)14-19(28)24-18-13-17(21(2,3)4)25-27(18)22(5,6)7/h9-13H,8,14H2,1-7H3,(H,24,28). The molecule has 1 N–H and O–H groups in total. The molecule has 0 aliphatic carbocycles. The fourth-order valence-corrected chi connectivity index (χ4v) is 3.23. The molecule has 7 heteroatoms. The number of rotatable bonds is 5. The van der Waals surface area contributed by atoms with Gasteiger partial charge in [0.05, 0.1) is 11.2 Å². The average molecular weight is 463 g/mol. The minimum Gasteiger partial charge on any atom is -0.330 e. The second kappa shape index (κ2) is 8.69. The third-order valence-electron chi connectivity index (χ3n) is 4.46. The Labute approximate surface area is 181 Å². The molecule has 2 rings (SSSR count). The maximum Gasteiger partial charge on any atom is 0.254 e. The van der Waals surface area contributed by atoms with Crippen molar-refractivity contribution in [1.29, 1.82) is 0 Å². The second-order valence-corrected chi connectivity index (χ2v) is 10.0. The van der Waals surface area contributed by atoms with Crippen molar-refractivity contribution < 1.29 is 9.59 Å². The number of halogens is 1. The van der Waals surface area contributed by atoms with Crippen LogP contribution in [0.2, 0.25) is 0 Å². The number of carbonyl (C=O) groups is 2. The summed E-state index contributed by atoms with van der Waals surface area (Å²) < 4.78 is 2.66. The van der Waals surface area contributed by atoms with Crippen molar-refractivity contribution in [3.05, 3.63) is 46.1 Å². The largest absolute Gasteiger partial charge is 0.330 e. The molecule has 2 amide bonds. The highest BCUT2D eigenvalue weighted by atomic mass is 79.9. The predicted octanol–water partition coefficient (Wildman–Crippen LogP) is 4.80. The van der Waals surface area contributed by atoms with Crippen LogP contribution >= 0.6 is 15.9 Å². The van der Waals surface area contributed by atoms with Crippen LogP contribution in [-0.4, -0.2) is 39.6 Å². The van der Waals surface area contributed by atoms with E-state index >= 15 is 0 Å². The van der Waals surface area contributed by atoms with E-state index in [-0.39, 0.29) is 29.3 Å². The Kier molecular flexibility index (Phi) is 6.93. The van der Waals surface area contributed by atoms with Gasteiger partial charge >= 0.3 is 0 Å². The molecule has 0 bridgehead atoms. The Morgan fingerprint density at radius 3 is 2.31 bits per heavy atom. The summed E-state index contributed by atoms with van der Waals surface area (Å²) in [6.07, 6.45) is 0. The van der Waals surface area contributed by atoms with Gasteiger partial charge in [-0.2, -0.15) is 5.10 Å².